The first kappa shape index (κ1) is 13.3. The van der Waals surface area contributed by atoms with Crippen molar-refractivity contribution >= 4 is 45.2 Å². The van der Waals surface area contributed by atoms with Crippen LogP contribution >= 0.6 is 45.2 Å². The molecule has 0 aliphatic rings. The lowest BCUT2D eigenvalue weighted by Crippen LogP contribution is -2.30. The number of halogens is 5. The standard InChI is InChI=1S/C8H6F3I2NO/c1-2-14-5(8(9,10)11)3-4(12)6(13)7(14)15/h3H,2H2,1H3. The Bertz CT molecular complexity index is 439. The molecule has 0 bridgehead atoms. The van der Waals surface area contributed by atoms with Crippen molar-refractivity contribution in [1.82, 2.24) is 4.57 Å². The summed E-state index contributed by atoms with van der Waals surface area (Å²) in [5.74, 6) is 0. The summed E-state index contributed by atoms with van der Waals surface area (Å²) in [7, 11) is 0. The fraction of sp³-hybridized carbons (Fsp3) is 0.375. The van der Waals surface area contributed by atoms with E-state index in [-0.39, 0.29) is 6.54 Å². The minimum atomic E-state index is -4.49. The quantitative estimate of drug-likeness (QED) is 0.613. The lowest BCUT2D eigenvalue weighted by molar-refractivity contribution is -0.144. The molecular weight excluding hydrogens is 437 g/mol. The number of nitrogens with zero attached hydrogens (tertiary/aromatic N) is 1. The van der Waals surface area contributed by atoms with Crippen LogP contribution in [0.1, 0.15) is 12.6 Å². The van der Waals surface area contributed by atoms with Crippen molar-refractivity contribution < 1.29 is 13.2 Å². The number of aromatic nitrogens is 1. The highest BCUT2D eigenvalue weighted by atomic mass is 127. The fourth-order valence-electron chi connectivity index (χ4n) is 1.14. The van der Waals surface area contributed by atoms with E-state index in [2.05, 4.69) is 0 Å². The Morgan fingerprint density at radius 1 is 1.40 bits per heavy atom. The molecule has 0 saturated heterocycles. The van der Waals surface area contributed by atoms with Gasteiger partial charge in [0, 0.05) is 10.1 Å². The van der Waals surface area contributed by atoms with Crippen LogP contribution in [0.15, 0.2) is 10.9 Å². The molecule has 7 heteroatoms. The van der Waals surface area contributed by atoms with Crippen molar-refractivity contribution in [2.75, 3.05) is 0 Å². The van der Waals surface area contributed by atoms with Gasteiger partial charge in [0.1, 0.15) is 5.69 Å². The van der Waals surface area contributed by atoms with Crippen LogP contribution in [0.25, 0.3) is 0 Å². The summed E-state index contributed by atoms with van der Waals surface area (Å²) < 4.78 is 39.1. The van der Waals surface area contributed by atoms with Crippen molar-refractivity contribution in [1.29, 1.82) is 0 Å². The lowest BCUT2D eigenvalue weighted by atomic mass is 10.3. The lowest BCUT2D eigenvalue weighted by Gasteiger charge is -2.14. The van der Waals surface area contributed by atoms with E-state index in [9.17, 15) is 18.0 Å². The zero-order valence-electron chi connectivity index (χ0n) is 7.53. The molecule has 0 radical (unpaired) electrons. The highest BCUT2D eigenvalue weighted by Gasteiger charge is 2.35. The monoisotopic (exact) mass is 443 g/mol. The minimum Gasteiger partial charge on any atom is -0.304 e. The number of alkyl halides is 3. The van der Waals surface area contributed by atoms with E-state index in [1.165, 1.54) is 6.92 Å². The summed E-state index contributed by atoms with van der Waals surface area (Å²) in [6.45, 7) is 1.53. The SMILES string of the molecule is CCn1c(C(F)(F)F)cc(I)c(I)c1=O. The number of rotatable bonds is 1. The van der Waals surface area contributed by atoms with E-state index in [1.54, 1.807) is 45.2 Å². The van der Waals surface area contributed by atoms with Crippen molar-refractivity contribution in [2.45, 2.75) is 19.6 Å². The Hall–Kier alpha value is 0.200. The predicted molar refractivity (Wildman–Crippen MR) is 66.8 cm³/mol. The third-order valence-corrected chi connectivity index (χ3v) is 4.73. The molecular formula is C8H6F3I2NO. The van der Waals surface area contributed by atoms with Crippen molar-refractivity contribution in [3.05, 3.63) is 29.3 Å². The van der Waals surface area contributed by atoms with Crippen LogP contribution in [0.2, 0.25) is 0 Å². The minimum absolute atomic E-state index is 0.0145. The summed E-state index contributed by atoms with van der Waals surface area (Å²) in [5.41, 5.74) is -1.47. The molecule has 0 unspecified atom stereocenters. The molecule has 1 heterocycles. The highest BCUT2D eigenvalue weighted by Crippen LogP contribution is 2.30. The van der Waals surface area contributed by atoms with E-state index in [4.69, 9.17) is 0 Å². The van der Waals surface area contributed by atoms with Gasteiger partial charge in [0.2, 0.25) is 0 Å². The van der Waals surface area contributed by atoms with Crippen LogP contribution in [-0.2, 0) is 12.7 Å². The van der Waals surface area contributed by atoms with Gasteiger partial charge in [-0.3, -0.25) is 4.79 Å². The molecule has 0 aliphatic carbocycles. The molecule has 2 nitrogen and oxygen atoms in total. The van der Waals surface area contributed by atoms with Gasteiger partial charge in [-0.1, -0.05) is 0 Å². The summed E-state index contributed by atoms with van der Waals surface area (Å²) in [6, 6.07) is 0.993. The summed E-state index contributed by atoms with van der Waals surface area (Å²) in [4.78, 5) is 11.5. The first-order valence-electron chi connectivity index (χ1n) is 3.95. The normalized spacial score (nSPS) is 11.9. The first-order chi connectivity index (χ1) is 6.79. The Balaban J connectivity index is 3.61. The molecule has 0 fully saturated rings. The Kier molecular flexibility index (Phi) is 4.07. The molecule has 15 heavy (non-hydrogen) atoms. The van der Waals surface area contributed by atoms with Gasteiger partial charge >= 0.3 is 6.18 Å². The van der Waals surface area contributed by atoms with E-state index in [1.807, 2.05) is 0 Å². The largest absolute Gasteiger partial charge is 0.431 e. The second-order valence-electron chi connectivity index (χ2n) is 2.74. The average Bonchev–Trinajstić information content (AvgIpc) is 2.12. The number of hydrogen-bond acceptors (Lipinski definition) is 1. The van der Waals surface area contributed by atoms with Gasteiger partial charge in [-0.05, 0) is 58.2 Å². The molecule has 1 aromatic heterocycles. The Morgan fingerprint density at radius 2 is 1.93 bits per heavy atom. The molecule has 1 aromatic rings. The van der Waals surface area contributed by atoms with E-state index >= 15 is 0 Å². The fourth-order valence-corrected chi connectivity index (χ4v) is 2.11. The van der Waals surface area contributed by atoms with Gasteiger partial charge in [-0.2, -0.15) is 13.2 Å². The first-order valence-corrected chi connectivity index (χ1v) is 6.10. The summed E-state index contributed by atoms with van der Waals surface area (Å²) in [5, 5.41) is 0. The van der Waals surface area contributed by atoms with Gasteiger partial charge < -0.3 is 4.57 Å². The third-order valence-electron chi connectivity index (χ3n) is 1.80. The van der Waals surface area contributed by atoms with E-state index in [0.29, 0.717) is 7.14 Å². The van der Waals surface area contributed by atoms with Gasteiger partial charge in [0.05, 0.1) is 3.57 Å². The van der Waals surface area contributed by atoms with Crippen LogP contribution in [-0.4, -0.2) is 4.57 Å². The zero-order chi connectivity index (χ0) is 11.8. The zero-order valence-corrected chi connectivity index (χ0v) is 11.8. The maximum atomic E-state index is 12.6. The molecule has 0 saturated carbocycles. The Morgan fingerprint density at radius 3 is 2.33 bits per heavy atom. The van der Waals surface area contributed by atoms with Crippen molar-refractivity contribution in [2.24, 2.45) is 0 Å². The second kappa shape index (κ2) is 4.60. The summed E-state index contributed by atoms with van der Waals surface area (Å²) >= 11 is 3.48. The average molecular weight is 443 g/mol. The number of pyridine rings is 1. The molecule has 0 spiro atoms. The van der Waals surface area contributed by atoms with Crippen LogP contribution < -0.4 is 5.56 Å². The van der Waals surface area contributed by atoms with Gasteiger partial charge in [0.25, 0.3) is 5.56 Å². The van der Waals surface area contributed by atoms with Gasteiger partial charge in [-0.15, -0.1) is 0 Å². The second-order valence-corrected chi connectivity index (χ2v) is 4.98. The Labute approximate surface area is 111 Å². The molecule has 0 aliphatic heterocycles. The predicted octanol–water partition coefficient (Wildman–Crippen LogP) is 3.10. The molecule has 0 amide bonds. The van der Waals surface area contributed by atoms with Crippen molar-refractivity contribution in [3.63, 3.8) is 0 Å². The topological polar surface area (TPSA) is 22.0 Å². The van der Waals surface area contributed by atoms with Crippen LogP contribution in [0.5, 0.6) is 0 Å². The van der Waals surface area contributed by atoms with Gasteiger partial charge in [-0.25, -0.2) is 0 Å². The maximum absolute atomic E-state index is 12.6. The summed E-state index contributed by atoms with van der Waals surface area (Å²) in [6.07, 6.45) is -4.49. The molecule has 0 N–H and O–H groups in total. The van der Waals surface area contributed by atoms with Crippen LogP contribution in [0.3, 0.4) is 0 Å². The smallest absolute Gasteiger partial charge is 0.304 e. The number of hydrogen-bond donors (Lipinski definition) is 0. The maximum Gasteiger partial charge on any atom is 0.431 e. The van der Waals surface area contributed by atoms with Crippen molar-refractivity contribution in [3.8, 4) is 0 Å². The third kappa shape index (κ3) is 2.66. The van der Waals surface area contributed by atoms with Gasteiger partial charge in [0.15, 0.2) is 0 Å². The van der Waals surface area contributed by atoms with Crippen LogP contribution in [0.4, 0.5) is 13.2 Å². The highest BCUT2D eigenvalue weighted by molar-refractivity contribution is 14.1. The molecule has 0 aromatic carbocycles. The van der Waals surface area contributed by atoms with Crippen LogP contribution in [0, 0.1) is 7.14 Å². The molecule has 1 rings (SSSR count). The molecule has 0 atom stereocenters. The molecule has 84 valence electrons. The van der Waals surface area contributed by atoms with E-state index in [0.717, 1.165) is 10.6 Å². The van der Waals surface area contributed by atoms with E-state index < -0.39 is 17.4 Å².